The van der Waals surface area contributed by atoms with Crippen molar-refractivity contribution >= 4 is 75.1 Å². The molecule has 2 aliphatic heterocycles. The number of carboxylic acids is 1. The fraction of sp³-hybridized carbons (Fsp3) is 0.607. The molecule has 5 rings (SSSR count). The molecule has 0 bridgehead atoms. The third kappa shape index (κ3) is 35.3. The molecule has 3 aromatic rings. The zero-order valence-electron chi connectivity index (χ0n) is 71.6. The van der Waals surface area contributed by atoms with Gasteiger partial charge in [-0.3, -0.25) is 43.2 Å². The number of halogens is 1. The van der Waals surface area contributed by atoms with Gasteiger partial charge in [0.2, 0.25) is 54.1 Å². The van der Waals surface area contributed by atoms with Gasteiger partial charge in [-0.2, -0.15) is 0 Å². The Labute approximate surface area is 681 Å². The van der Waals surface area contributed by atoms with Gasteiger partial charge in [0.15, 0.2) is 11.5 Å². The molecular formula is C84H127BrN12O16. The van der Waals surface area contributed by atoms with Gasteiger partial charge in [0.05, 0.1) is 75.3 Å². The number of hydrogen-bond donors (Lipinski definition) is 4. The van der Waals surface area contributed by atoms with Gasteiger partial charge in [0.1, 0.15) is 6.04 Å². The molecule has 5 N–H and O–H groups in total. The van der Waals surface area contributed by atoms with Crippen LogP contribution in [0, 0.1) is 29.6 Å². The lowest BCUT2D eigenvalue weighted by Gasteiger charge is -2.32. The van der Waals surface area contributed by atoms with Crippen molar-refractivity contribution in [3.63, 3.8) is 0 Å². The molecule has 0 saturated carbocycles. The number of hydrogen-bond acceptors (Lipinski definition) is 18. The van der Waals surface area contributed by atoms with Gasteiger partial charge in [-0.1, -0.05) is 122 Å². The van der Waals surface area contributed by atoms with E-state index in [4.69, 9.17) is 33.5 Å². The van der Waals surface area contributed by atoms with Crippen molar-refractivity contribution < 1.29 is 80.8 Å². The van der Waals surface area contributed by atoms with E-state index in [0.29, 0.717) is 100 Å². The Morgan fingerprint density at radius 1 is 0.628 bits per heavy atom. The fourth-order valence-corrected chi connectivity index (χ4v) is 13.4. The first-order valence-electron chi connectivity index (χ1n) is 41.0. The number of unbranched alkanes of at least 4 members (excludes halogenated alkanes) is 1. The number of nitrogens with zero attached hydrogens (tertiary/aromatic N) is 9. The minimum absolute atomic E-state index is 0.0110. The molecule has 5 atom stereocenters. The molecule has 0 spiro atoms. The number of rotatable bonds is 53. The summed E-state index contributed by atoms with van der Waals surface area (Å²) >= 11 is 3.46. The second-order valence-corrected chi connectivity index (χ2v) is 31.1. The number of fused-ring (bicyclic) bond motifs is 1. The van der Waals surface area contributed by atoms with Crippen LogP contribution in [0.1, 0.15) is 150 Å². The monoisotopic (exact) mass is 1640 g/mol. The Kier molecular flexibility index (Phi) is 40.1. The van der Waals surface area contributed by atoms with Crippen LogP contribution >= 0.6 is 15.9 Å². The number of benzene rings is 2. The molecule has 8 amide bonds. The molecule has 1 aromatic heterocycles. The maximum Gasteiger partial charge on any atom is 0.328 e. The lowest BCUT2D eigenvalue weighted by molar-refractivity contribution is -0.147. The average molecular weight is 1640 g/mol. The van der Waals surface area contributed by atoms with E-state index >= 15 is 0 Å². The zero-order chi connectivity index (χ0) is 85.6. The number of cyclic esters (lactones) is 1. The summed E-state index contributed by atoms with van der Waals surface area (Å²) in [6.07, 6.45) is 14.7. The first kappa shape index (κ1) is 89.8. The lowest BCUT2D eigenvalue weighted by Crippen LogP contribution is -2.52. The largest absolute Gasteiger partial charge is 0.481 e. The summed E-state index contributed by atoms with van der Waals surface area (Å²) in [5.41, 5.74) is 10.3. The van der Waals surface area contributed by atoms with Crippen LogP contribution in [0.5, 0.6) is 11.5 Å². The summed E-state index contributed by atoms with van der Waals surface area (Å²) in [4.78, 5) is 155. The highest BCUT2D eigenvalue weighted by atomic mass is 79.9. The van der Waals surface area contributed by atoms with Crippen molar-refractivity contribution in [1.82, 2.24) is 54.5 Å². The number of aliphatic carboxylic acids is 1. The van der Waals surface area contributed by atoms with E-state index < -0.39 is 123 Å². The topological polar surface area (TPSA) is 328 Å². The van der Waals surface area contributed by atoms with Crippen LogP contribution in [0.4, 0.5) is 0 Å². The predicted molar refractivity (Wildman–Crippen MR) is 436 cm³/mol. The van der Waals surface area contributed by atoms with Crippen LogP contribution in [-0.2, 0) is 81.7 Å². The number of carbonyl (C=O) groups is 10. The number of nitrogens with one attached hydrogen (secondary N) is 2. The van der Waals surface area contributed by atoms with E-state index in [1.807, 2.05) is 119 Å². The van der Waals surface area contributed by atoms with Crippen molar-refractivity contribution in [2.24, 2.45) is 35.3 Å². The summed E-state index contributed by atoms with van der Waals surface area (Å²) < 4.78 is 56.2. The molecule has 0 aliphatic carbocycles. The Balaban J connectivity index is 1.36. The molecule has 0 radical (unpaired) electrons. The average Bonchev–Trinajstić information content (AvgIpc) is 1.70. The fourth-order valence-electron chi connectivity index (χ4n) is 13.1. The van der Waals surface area contributed by atoms with Gasteiger partial charge in [-0.25, -0.2) is 9.78 Å². The smallest absolute Gasteiger partial charge is 0.328 e. The Hall–Kier alpha value is -8.77. The van der Waals surface area contributed by atoms with E-state index in [-0.39, 0.29) is 109 Å². The molecule has 626 valence electrons. The number of carbonyl (C=O) groups excluding carboxylic acids is 9. The van der Waals surface area contributed by atoms with E-state index in [1.165, 1.54) is 32.8 Å². The summed E-state index contributed by atoms with van der Waals surface area (Å²) in [5, 5.41) is 16.1. The third-order valence-electron chi connectivity index (χ3n) is 19.1. The standard InChI is InChI=1S/C84H127BrN12O16/c1-59(2)25-36-96(82(106)67(11)44-62(6)50-94(33-16-31-90-39-30-87-57-90)80(104)65(9)43-61(5)48-88-49-70-21-24-73-74(47-70)113-58-112-73)51-63(7)46-68(12)83(107)97(38-27-79(102)103)52-64(8)45-66(10)81(105)95(35-18-41-110-60(3)4)56-78(101)92(34-17-40-109-13)54-77(100)93(37-26-69-19-22-71(85)23-20-69)55-76(99)91(32-15-14-29-86)53-75(98)89-72-28-42-111-84(72)108/h19-24,30,39,43-47,57,59-60,65-68,72,88H,14-18,25-29,31-38,40-42,48-56,58,86H2,1-13H3,(H,89,98)(H,102,103)/b61-43+,62-44+,63-46+,64-45+/t65-,66-,67-,68+,72?/m1/s1/i12D3. The molecule has 3 heterocycles. The van der Waals surface area contributed by atoms with Crippen LogP contribution in [0.15, 0.2) is 112 Å². The number of aromatic nitrogens is 2. The maximum atomic E-state index is 14.9. The second-order valence-electron chi connectivity index (χ2n) is 30.2. The highest BCUT2D eigenvalue weighted by Crippen LogP contribution is 2.32. The number of esters is 1. The molecular weight excluding hydrogens is 1510 g/mol. The van der Waals surface area contributed by atoms with Gasteiger partial charge < -0.3 is 84.0 Å². The molecule has 2 aromatic carbocycles. The van der Waals surface area contributed by atoms with Gasteiger partial charge in [0.25, 0.3) is 0 Å². The minimum Gasteiger partial charge on any atom is -0.481 e. The molecule has 1 fully saturated rings. The highest BCUT2D eigenvalue weighted by Gasteiger charge is 2.33. The van der Waals surface area contributed by atoms with Gasteiger partial charge in [0, 0.05) is 133 Å². The van der Waals surface area contributed by atoms with E-state index in [0.717, 1.165) is 31.6 Å². The van der Waals surface area contributed by atoms with Crippen LogP contribution in [-0.4, -0.2) is 259 Å². The quantitative estimate of drug-likeness (QED) is 0.0234. The summed E-state index contributed by atoms with van der Waals surface area (Å²) in [7, 11) is 1.49. The molecule has 28 nitrogen and oxygen atoms in total. The molecule has 2 aliphatic rings. The molecule has 113 heavy (non-hydrogen) atoms. The minimum atomic E-state index is -2.95. The number of imidazole rings is 1. The normalized spacial score (nSPS) is 15.3. The van der Waals surface area contributed by atoms with Crippen LogP contribution in [0.2, 0.25) is 0 Å². The van der Waals surface area contributed by atoms with Gasteiger partial charge >= 0.3 is 11.9 Å². The molecule has 1 unspecified atom stereocenters. The summed E-state index contributed by atoms with van der Waals surface area (Å²) in [6.45, 7) is 18.6. The van der Waals surface area contributed by atoms with E-state index in [1.54, 1.807) is 51.2 Å². The number of aryl methyl sites for hydroxylation is 1. The van der Waals surface area contributed by atoms with Crippen molar-refractivity contribution in [1.29, 1.82) is 0 Å². The van der Waals surface area contributed by atoms with Crippen molar-refractivity contribution in [3.8, 4) is 11.5 Å². The number of methoxy groups -OCH3 is 1. The Morgan fingerprint density at radius 2 is 1.15 bits per heavy atom. The second kappa shape index (κ2) is 50.5. The Bertz CT molecular complexity index is 3800. The van der Waals surface area contributed by atoms with E-state index in [2.05, 4.69) is 31.5 Å². The molecule has 1 saturated heterocycles. The van der Waals surface area contributed by atoms with Gasteiger partial charge in [-0.05, 0) is 134 Å². The number of ether oxygens (including phenoxy) is 5. The number of amides is 8. The molecule has 29 heteroatoms. The van der Waals surface area contributed by atoms with Crippen molar-refractivity contribution in [3.05, 3.63) is 123 Å². The van der Waals surface area contributed by atoms with Crippen LogP contribution in [0.3, 0.4) is 0 Å². The van der Waals surface area contributed by atoms with Crippen molar-refractivity contribution in [2.75, 3.05) is 138 Å². The highest BCUT2D eigenvalue weighted by molar-refractivity contribution is 9.10. The zero-order valence-corrected chi connectivity index (χ0v) is 70.2. The van der Waals surface area contributed by atoms with Crippen molar-refractivity contribution in [2.45, 2.75) is 166 Å². The van der Waals surface area contributed by atoms with Crippen LogP contribution < -0.4 is 25.8 Å². The summed E-state index contributed by atoms with van der Waals surface area (Å²) in [6, 6.07) is 12.4. The van der Waals surface area contributed by atoms with E-state index in [9.17, 15) is 53.1 Å². The predicted octanol–water partition coefficient (Wildman–Crippen LogP) is 8.47. The summed E-state index contributed by atoms with van der Waals surface area (Å²) in [5.74, 6) is -8.29. The lowest BCUT2D eigenvalue weighted by atomic mass is 10.0. The van der Waals surface area contributed by atoms with Gasteiger partial charge in [-0.15, -0.1) is 0 Å². The maximum absolute atomic E-state index is 14.9. The SMILES string of the molecule is [2H]C([2H])([2H])[C@@H](/C=C(\C)CN(CCC(C)C)C(=O)[C@H](C)/C=C(\C)CN(CCCn1ccnc1)C(=O)[C@H](C)/C=C(\C)CNCc1ccc2c(c1)OCO2)C(=O)N(CCC(=O)O)C/C(C)=C/[C@@H](C)C(=O)N(CCCOC(C)C)CC(=O)N(CCCOC)CC(=O)N(CCc1ccc(Br)cc1)CC(=O)N(CCCCN)CC(=O)NC1CCOC1=O. The first-order chi connectivity index (χ1) is 55.0. The Morgan fingerprint density at radius 3 is 1.72 bits per heavy atom. The third-order valence-corrected chi connectivity index (χ3v) is 19.6. The number of nitrogens with two attached hydrogens (primary N) is 1. The first-order valence-corrected chi connectivity index (χ1v) is 40.3. The van der Waals surface area contributed by atoms with Crippen LogP contribution in [0.25, 0.3) is 0 Å². The number of carboxylic acid groups (broad SMARTS) is 1.